The van der Waals surface area contributed by atoms with Crippen LogP contribution in [-0.2, 0) is 19.2 Å². The number of hydrogen-bond acceptors (Lipinski definition) is 4. The second-order valence-electron chi connectivity index (χ2n) is 3.39. The fraction of sp³-hybridized carbons (Fsp3) is 0.400. The van der Waals surface area contributed by atoms with E-state index in [0.717, 1.165) is 6.08 Å². The number of carboxylic acids is 4. The zero-order chi connectivity index (χ0) is 14.3. The highest BCUT2D eigenvalue weighted by atomic mass is 16.4. The van der Waals surface area contributed by atoms with Gasteiger partial charge in [-0.25, -0.2) is 9.59 Å². The Balaban J connectivity index is 4.38. The van der Waals surface area contributed by atoms with Crippen molar-refractivity contribution in [2.24, 2.45) is 5.92 Å². The summed E-state index contributed by atoms with van der Waals surface area (Å²) >= 11 is 0. The molecule has 8 nitrogen and oxygen atoms in total. The van der Waals surface area contributed by atoms with E-state index in [2.05, 4.69) is 0 Å². The van der Waals surface area contributed by atoms with Gasteiger partial charge in [-0.15, -0.1) is 0 Å². The Morgan fingerprint density at radius 3 is 1.67 bits per heavy atom. The van der Waals surface area contributed by atoms with Gasteiger partial charge >= 0.3 is 23.9 Å². The summed E-state index contributed by atoms with van der Waals surface area (Å²) in [6.07, 6.45) is 0.761. The molecule has 100 valence electrons. The van der Waals surface area contributed by atoms with E-state index in [-0.39, 0.29) is 19.3 Å². The Kier molecular flexibility index (Phi) is 6.11. The van der Waals surface area contributed by atoms with E-state index < -0.39 is 35.4 Å². The highest BCUT2D eigenvalue weighted by Crippen LogP contribution is 2.11. The molecule has 0 unspecified atom stereocenters. The molecule has 0 atom stereocenters. The van der Waals surface area contributed by atoms with Crippen molar-refractivity contribution in [2.75, 3.05) is 0 Å². The fourth-order valence-electron chi connectivity index (χ4n) is 1.19. The van der Waals surface area contributed by atoms with Gasteiger partial charge in [0.15, 0.2) is 5.92 Å². The Morgan fingerprint density at radius 1 is 0.889 bits per heavy atom. The van der Waals surface area contributed by atoms with Crippen LogP contribution in [0.15, 0.2) is 11.6 Å². The molecule has 0 saturated heterocycles. The second kappa shape index (κ2) is 7.05. The third kappa shape index (κ3) is 5.10. The van der Waals surface area contributed by atoms with Gasteiger partial charge in [-0.1, -0.05) is 6.08 Å². The Bertz CT molecular complexity index is 365. The molecule has 0 aromatic heterocycles. The van der Waals surface area contributed by atoms with Crippen LogP contribution in [0.5, 0.6) is 0 Å². The van der Waals surface area contributed by atoms with Crippen molar-refractivity contribution in [3.8, 4) is 0 Å². The molecular formula is C10H12O8. The van der Waals surface area contributed by atoms with Crippen LogP contribution in [0.1, 0.15) is 19.3 Å². The molecule has 0 aliphatic carbocycles. The van der Waals surface area contributed by atoms with Crippen molar-refractivity contribution in [1.29, 1.82) is 0 Å². The van der Waals surface area contributed by atoms with Crippen LogP contribution in [0.2, 0.25) is 0 Å². The topological polar surface area (TPSA) is 149 Å². The highest BCUT2D eigenvalue weighted by Gasteiger charge is 2.24. The molecule has 0 radical (unpaired) electrons. The molecule has 0 fully saturated rings. The van der Waals surface area contributed by atoms with Gasteiger partial charge in [0.2, 0.25) is 0 Å². The zero-order valence-corrected chi connectivity index (χ0v) is 9.20. The van der Waals surface area contributed by atoms with Gasteiger partial charge in [-0.05, 0) is 19.3 Å². The average molecular weight is 260 g/mol. The van der Waals surface area contributed by atoms with E-state index in [1.807, 2.05) is 0 Å². The molecule has 0 aromatic rings. The highest BCUT2D eigenvalue weighted by molar-refractivity contribution is 6.12. The number of carboxylic acid groups (broad SMARTS) is 4. The number of carbonyl (C=O) groups is 4. The van der Waals surface area contributed by atoms with Crippen molar-refractivity contribution >= 4 is 23.9 Å². The Labute approximate surface area is 101 Å². The van der Waals surface area contributed by atoms with Gasteiger partial charge in [-0.2, -0.15) is 0 Å². The third-order valence-electron chi connectivity index (χ3n) is 2.10. The molecule has 0 aromatic carbocycles. The first-order valence-corrected chi connectivity index (χ1v) is 4.89. The molecule has 0 heterocycles. The second-order valence-corrected chi connectivity index (χ2v) is 3.39. The summed E-state index contributed by atoms with van der Waals surface area (Å²) in [5.41, 5.74) is -0.822. The number of hydrogen-bond donors (Lipinski definition) is 4. The summed E-state index contributed by atoms with van der Waals surface area (Å²) in [6.45, 7) is 0. The Morgan fingerprint density at radius 2 is 1.33 bits per heavy atom. The predicted octanol–water partition coefficient (Wildman–Crippen LogP) is 0.0377. The molecule has 0 bridgehead atoms. The number of allylic oxidation sites excluding steroid dienone is 1. The Hall–Kier alpha value is -2.38. The van der Waals surface area contributed by atoms with Gasteiger partial charge in [-0.3, -0.25) is 9.59 Å². The summed E-state index contributed by atoms with van der Waals surface area (Å²) in [7, 11) is 0. The first-order valence-electron chi connectivity index (χ1n) is 4.89. The van der Waals surface area contributed by atoms with Crippen LogP contribution in [0, 0.1) is 5.92 Å². The molecule has 4 N–H and O–H groups in total. The summed E-state index contributed by atoms with van der Waals surface area (Å²) < 4.78 is 0. The van der Waals surface area contributed by atoms with Gasteiger partial charge in [0.1, 0.15) is 5.57 Å². The lowest BCUT2D eigenvalue weighted by molar-refractivity contribution is -0.155. The molecule has 0 aliphatic heterocycles. The van der Waals surface area contributed by atoms with Crippen LogP contribution in [0.4, 0.5) is 0 Å². The summed E-state index contributed by atoms with van der Waals surface area (Å²) in [6, 6.07) is 0. The number of rotatable bonds is 8. The zero-order valence-electron chi connectivity index (χ0n) is 9.20. The minimum atomic E-state index is -1.60. The summed E-state index contributed by atoms with van der Waals surface area (Å²) in [4.78, 5) is 41.9. The van der Waals surface area contributed by atoms with E-state index >= 15 is 0 Å². The van der Waals surface area contributed by atoms with Gasteiger partial charge < -0.3 is 20.4 Å². The monoisotopic (exact) mass is 260 g/mol. The molecule has 0 saturated carbocycles. The van der Waals surface area contributed by atoms with Crippen LogP contribution < -0.4 is 0 Å². The lowest BCUT2D eigenvalue weighted by Crippen LogP contribution is -2.23. The van der Waals surface area contributed by atoms with E-state index in [0.29, 0.717) is 0 Å². The van der Waals surface area contributed by atoms with Gasteiger partial charge in [0.05, 0.1) is 0 Å². The smallest absolute Gasteiger partial charge is 0.342 e. The minimum absolute atomic E-state index is 0.0228. The maximum atomic E-state index is 10.5. The minimum Gasteiger partial charge on any atom is -0.481 e. The first-order chi connectivity index (χ1) is 8.27. The summed E-state index contributed by atoms with van der Waals surface area (Å²) in [5.74, 6) is -7.74. The third-order valence-corrected chi connectivity index (χ3v) is 2.10. The maximum Gasteiger partial charge on any atom is 0.342 e. The summed E-state index contributed by atoms with van der Waals surface area (Å²) in [5, 5.41) is 34.1. The molecule has 18 heavy (non-hydrogen) atoms. The largest absolute Gasteiger partial charge is 0.481 e. The maximum absolute atomic E-state index is 10.5. The quantitative estimate of drug-likeness (QED) is 0.207. The molecular weight excluding hydrogens is 248 g/mol. The molecule has 0 aliphatic rings. The SMILES string of the molecule is O=C(O)C(=CCCCC(C(=O)O)C(=O)O)C(=O)O. The molecule has 0 spiro atoms. The van der Waals surface area contributed by atoms with Gasteiger partial charge in [0.25, 0.3) is 0 Å². The lowest BCUT2D eigenvalue weighted by Gasteiger charge is -2.05. The van der Waals surface area contributed by atoms with Crippen molar-refractivity contribution < 1.29 is 39.6 Å². The van der Waals surface area contributed by atoms with E-state index in [4.69, 9.17) is 20.4 Å². The first kappa shape index (κ1) is 15.6. The van der Waals surface area contributed by atoms with Crippen LogP contribution >= 0.6 is 0 Å². The van der Waals surface area contributed by atoms with Crippen molar-refractivity contribution in [3.05, 3.63) is 11.6 Å². The molecule has 0 amide bonds. The van der Waals surface area contributed by atoms with E-state index in [1.54, 1.807) is 0 Å². The number of unbranched alkanes of at least 4 members (excludes halogenated alkanes) is 1. The van der Waals surface area contributed by atoms with Crippen LogP contribution in [-0.4, -0.2) is 44.3 Å². The van der Waals surface area contributed by atoms with Crippen LogP contribution in [0.25, 0.3) is 0 Å². The lowest BCUT2D eigenvalue weighted by atomic mass is 10.0. The van der Waals surface area contributed by atoms with E-state index in [9.17, 15) is 19.2 Å². The normalized spacial score (nSPS) is 9.83. The molecule has 8 heteroatoms. The van der Waals surface area contributed by atoms with E-state index in [1.165, 1.54) is 0 Å². The van der Waals surface area contributed by atoms with Crippen LogP contribution in [0.3, 0.4) is 0 Å². The fourth-order valence-corrected chi connectivity index (χ4v) is 1.19. The molecule has 0 rings (SSSR count). The van der Waals surface area contributed by atoms with Crippen molar-refractivity contribution in [3.63, 3.8) is 0 Å². The number of aliphatic carboxylic acids is 4. The van der Waals surface area contributed by atoms with Crippen molar-refractivity contribution in [1.82, 2.24) is 0 Å². The van der Waals surface area contributed by atoms with Gasteiger partial charge in [0, 0.05) is 0 Å². The average Bonchev–Trinajstić information content (AvgIpc) is 2.20. The predicted molar refractivity (Wildman–Crippen MR) is 56.0 cm³/mol. The van der Waals surface area contributed by atoms with Crippen molar-refractivity contribution in [2.45, 2.75) is 19.3 Å². The standard InChI is InChI=1S/C10H12O8/c11-7(12)5(8(13)14)3-1-2-4-6(9(15)16)10(17)18/h3,6H,1-2,4H2,(H,11,12)(H,13,14)(H,15,16)(H,17,18).